The number of carbonyl (C=O) groups is 4. The van der Waals surface area contributed by atoms with Crippen LogP contribution in [0, 0.1) is 20.2 Å². The molecule has 0 bridgehead atoms. The first kappa shape index (κ1) is 85.3. The number of aromatic amines is 1. The monoisotopic (exact) mass is 1370 g/mol. The minimum Gasteiger partial charge on any atom is -0.444 e. The van der Waals surface area contributed by atoms with Gasteiger partial charge in [0.15, 0.2) is 0 Å². The fourth-order valence-corrected chi connectivity index (χ4v) is 8.49. The van der Waals surface area contributed by atoms with Gasteiger partial charge >= 0.3 is 41.4 Å². The average Bonchev–Trinajstić information content (AvgIpc) is 1.53. The Morgan fingerprint density at radius 3 is 1.30 bits per heavy atom. The summed E-state index contributed by atoms with van der Waals surface area (Å²) in [5, 5.41) is 42.0. The Morgan fingerprint density at radius 2 is 0.948 bits per heavy atom. The summed E-state index contributed by atoms with van der Waals surface area (Å²) in [6.07, 6.45) is 10.5. The van der Waals surface area contributed by atoms with E-state index in [0.29, 0.717) is 69.2 Å². The average molecular weight is 1380 g/mol. The standard InChI is InChI=1S/C14H18N4O3.C13H18N4O4.C13H20N4O2.C8H16N2O2.C6H15N.C5H3ClN2O2.C2H6O.CH4O.CH4/c1-14(2,3)21-13(20)17-7-9(8-17)18-11-4-5-15-6-10(11)16-12(18)19;1-13(2,3)21-12(18)16-7-9(8-16)15-10-4-5-14-6-11(10)17(19)20;1-13(2,3)19-12(18)17-7-9(8-17)16-11-4-5-15-6-10(11)14;1-8(2,3)12-7(11)10-4-6(9)5-10;1-4-7(5-2)6-3;6-4-1-2-7-3-5(4)8(9)10;1-2-3;1-2;/h4-6,9H,7-8H2,1-3H3,(H,16,19);4-6,9H,7-8H2,1-3H3,(H,14,15);4-6,9H,7-8,14H2,1-3H3,(H,15,16);6H,4-5,9H2,1-3H3;4-6H2,1-3H3;1-3H;3H,2H2,1H3;2H,1H3;1H4. The van der Waals surface area contributed by atoms with Crippen molar-refractivity contribution in [1.29, 1.82) is 0 Å². The lowest BCUT2D eigenvalue weighted by Gasteiger charge is -2.40. The summed E-state index contributed by atoms with van der Waals surface area (Å²) < 4.78 is 22.6. The number of nitrogens with two attached hydrogens (primary N) is 2. The van der Waals surface area contributed by atoms with Crippen molar-refractivity contribution < 1.29 is 58.2 Å². The van der Waals surface area contributed by atoms with Gasteiger partial charge in [0.25, 0.3) is 0 Å². The SMILES string of the molecule is C.CC(C)(C)OC(=O)N1CC(N)C1.CC(C)(C)OC(=O)N1CC(Nc2ccncc2N)C1.CC(C)(C)OC(=O)N1CC(Nc2ccncc2[N+](=O)[O-])C1.CC(C)(C)OC(=O)N1CC(n2c(=O)[nH]c3cnccc32)C1.CCN(CC)CC.CCO.CO.O=[N+]([O-])c1cnccc1Cl. The predicted molar refractivity (Wildman–Crippen MR) is 370 cm³/mol. The maximum absolute atomic E-state index is 12.0. The van der Waals surface area contributed by atoms with Gasteiger partial charge in [0.1, 0.15) is 45.5 Å². The molecule has 0 spiro atoms. The lowest BCUT2D eigenvalue weighted by atomic mass is 10.1. The number of imidazole rings is 1. The van der Waals surface area contributed by atoms with Crippen LogP contribution in [0.2, 0.25) is 5.02 Å². The molecule has 4 saturated heterocycles. The molecule has 0 radical (unpaired) electrons. The fourth-order valence-electron chi connectivity index (χ4n) is 8.32. The molecule has 4 fully saturated rings. The number of carbonyl (C=O) groups excluding carboxylic acids is 4. The number of ether oxygens (including phenoxy) is 4. The van der Waals surface area contributed by atoms with Gasteiger partial charge in [0.05, 0.1) is 62.8 Å². The highest BCUT2D eigenvalue weighted by molar-refractivity contribution is 6.32. The maximum Gasteiger partial charge on any atom is 0.410 e. The van der Waals surface area contributed by atoms with Crippen LogP contribution in [0.15, 0.2) is 78.6 Å². The van der Waals surface area contributed by atoms with E-state index in [0.717, 1.165) is 24.5 Å². The van der Waals surface area contributed by atoms with E-state index in [1.165, 1.54) is 44.3 Å². The quantitative estimate of drug-likeness (QED) is 0.0389. The third-order valence-corrected chi connectivity index (χ3v) is 13.2. The molecule has 9 heterocycles. The van der Waals surface area contributed by atoms with Crippen LogP contribution in [0.5, 0.6) is 0 Å². The maximum atomic E-state index is 12.0. The molecule has 32 nitrogen and oxygen atoms in total. The lowest BCUT2D eigenvalue weighted by Crippen LogP contribution is -2.58. The number of rotatable bonds is 10. The van der Waals surface area contributed by atoms with Crippen LogP contribution < -0.4 is 27.8 Å². The molecule has 9 rings (SSSR count). The van der Waals surface area contributed by atoms with E-state index in [4.69, 9.17) is 52.2 Å². The number of pyridine rings is 4. The van der Waals surface area contributed by atoms with Gasteiger partial charge in [0, 0.05) is 96.9 Å². The van der Waals surface area contributed by atoms with Gasteiger partial charge in [-0.3, -0.25) is 44.7 Å². The van der Waals surface area contributed by atoms with Crippen LogP contribution in [0.1, 0.15) is 124 Å². The van der Waals surface area contributed by atoms with E-state index >= 15 is 0 Å². The number of nitrogens with zero attached hydrogens (tertiary/aromatic N) is 12. The molecular formula is C63H104ClN17O15. The number of hydrogen-bond acceptors (Lipinski definition) is 24. The number of nitro groups is 2. The van der Waals surface area contributed by atoms with E-state index < -0.39 is 32.3 Å². The summed E-state index contributed by atoms with van der Waals surface area (Å²) in [5.74, 6) is 0. The highest BCUT2D eigenvalue weighted by atomic mass is 35.5. The van der Waals surface area contributed by atoms with Crippen LogP contribution in [0.4, 0.5) is 47.6 Å². The Bertz CT molecular complexity index is 3240. The number of hydrogen-bond donors (Lipinski definition) is 7. The third-order valence-electron chi connectivity index (χ3n) is 12.9. The number of aliphatic hydroxyl groups is 2. The summed E-state index contributed by atoms with van der Waals surface area (Å²) in [4.78, 5) is 105. The predicted octanol–water partition coefficient (Wildman–Crippen LogP) is 9.03. The van der Waals surface area contributed by atoms with Crippen LogP contribution >= 0.6 is 11.6 Å². The topological polar surface area (TPSA) is 414 Å². The van der Waals surface area contributed by atoms with Gasteiger partial charge in [0.2, 0.25) is 0 Å². The smallest absolute Gasteiger partial charge is 0.410 e. The first-order valence-corrected chi connectivity index (χ1v) is 31.2. The van der Waals surface area contributed by atoms with Gasteiger partial charge in [-0.05, 0) is 134 Å². The van der Waals surface area contributed by atoms with Crippen molar-refractivity contribution in [3.63, 3.8) is 0 Å². The molecule has 9 N–H and O–H groups in total. The largest absolute Gasteiger partial charge is 0.444 e. The van der Waals surface area contributed by atoms with Gasteiger partial charge in [-0.2, -0.15) is 0 Å². The molecule has 96 heavy (non-hydrogen) atoms. The first-order chi connectivity index (χ1) is 44.3. The molecule has 4 amide bonds. The molecule has 538 valence electrons. The zero-order chi connectivity index (χ0) is 72.2. The highest BCUT2D eigenvalue weighted by Crippen LogP contribution is 2.28. The number of fused-ring (bicyclic) bond motifs is 1. The summed E-state index contributed by atoms with van der Waals surface area (Å²) in [6, 6.07) is 6.83. The zero-order valence-corrected chi connectivity index (χ0v) is 58.6. The molecule has 4 aliphatic heterocycles. The van der Waals surface area contributed by atoms with Crippen LogP contribution in [-0.4, -0.2) is 225 Å². The molecular weight excluding hydrogens is 1270 g/mol. The minimum atomic E-state index is -0.574. The van der Waals surface area contributed by atoms with Crippen molar-refractivity contribution in [2.24, 2.45) is 5.73 Å². The molecule has 5 aromatic rings. The van der Waals surface area contributed by atoms with Crippen molar-refractivity contribution in [3.05, 3.63) is 110 Å². The van der Waals surface area contributed by atoms with Crippen LogP contribution in [-0.2, 0) is 18.9 Å². The van der Waals surface area contributed by atoms with E-state index in [1.807, 2.05) is 68.4 Å². The van der Waals surface area contributed by atoms with Gasteiger partial charge in [-0.25, -0.2) is 24.0 Å². The molecule has 0 atom stereocenters. The second-order valence-corrected chi connectivity index (χ2v) is 25.9. The normalized spacial score (nSPS) is 14.3. The highest BCUT2D eigenvalue weighted by Gasteiger charge is 2.38. The number of nitrogen functional groups attached to an aromatic ring is 1. The molecule has 0 aliphatic carbocycles. The number of aromatic nitrogens is 6. The molecule has 4 aliphatic rings. The number of aliphatic hydroxyl groups excluding tert-OH is 2. The Morgan fingerprint density at radius 1 is 0.604 bits per heavy atom. The summed E-state index contributed by atoms with van der Waals surface area (Å²) >= 11 is 5.44. The molecule has 0 unspecified atom stereocenters. The Hall–Kier alpha value is -8.72. The van der Waals surface area contributed by atoms with Crippen molar-refractivity contribution in [3.8, 4) is 0 Å². The van der Waals surface area contributed by atoms with Gasteiger partial charge in [-0.15, -0.1) is 0 Å². The third kappa shape index (κ3) is 30.3. The van der Waals surface area contributed by atoms with Crippen molar-refractivity contribution in [2.75, 3.05) is 102 Å². The summed E-state index contributed by atoms with van der Waals surface area (Å²) in [7, 11) is 1.00. The van der Waals surface area contributed by atoms with E-state index in [1.54, 1.807) is 88.8 Å². The number of halogens is 1. The van der Waals surface area contributed by atoms with Gasteiger partial charge < -0.3 is 80.7 Å². The second-order valence-electron chi connectivity index (χ2n) is 25.5. The Kier molecular flexibility index (Phi) is 35.5. The zero-order valence-electron chi connectivity index (χ0n) is 57.8. The van der Waals surface area contributed by atoms with Crippen molar-refractivity contribution >= 4 is 75.4 Å². The second kappa shape index (κ2) is 40.0. The van der Waals surface area contributed by atoms with E-state index in [-0.39, 0.29) is 84.7 Å². The lowest BCUT2D eigenvalue weighted by molar-refractivity contribution is -0.385. The first-order valence-electron chi connectivity index (χ1n) is 30.9. The van der Waals surface area contributed by atoms with Crippen LogP contribution in [0.3, 0.4) is 0 Å². The van der Waals surface area contributed by atoms with Crippen molar-refractivity contribution in [2.45, 2.75) is 165 Å². The van der Waals surface area contributed by atoms with Gasteiger partial charge in [-0.1, -0.05) is 39.8 Å². The number of H-pyrrole nitrogens is 1. The summed E-state index contributed by atoms with van der Waals surface area (Å²) in [5.41, 5.74) is 12.4. The molecule has 33 heteroatoms. The fraction of sp³-hybridized carbons (Fsp3) is 0.603. The number of nitrogens with one attached hydrogen (secondary N) is 3. The number of likely N-dealkylation sites (tertiary alicyclic amines) is 4. The van der Waals surface area contributed by atoms with Crippen LogP contribution in [0.25, 0.3) is 11.0 Å². The number of anilines is 3. The minimum absolute atomic E-state index is 0. The summed E-state index contributed by atoms with van der Waals surface area (Å²) in [6.45, 7) is 38.4. The molecule has 0 aromatic carbocycles. The number of amides is 4. The van der Waals surface area contributed by atoms with E-state index in [2.05, 4.69) is 61.2 Å². The molecule has 0 saturated carbocycles. The van der Waals surface area contributed by atoms with E-state index in [9.17, 15) is 44.2 Å². The van der Waals surface area contributed by atoms with Crippen molar-refractivity contribution in [1.82, 2.24) is 54.0 Å². The molecule has 5 aromatic heterocycles. The Balaban J connectivity index is 0.000000585. The Labute approximate surface area is 567 Å².